The van der Waals surface area contributed by atoms with Crippen molar-refractivity contribution >= 4 is 27.4 Å². The minimum Gasteiger partial charge on any atom is -0.369 e. The third-order valence-corrected chi connectivity index (χ3v) is 7.07. The Morgan fingerprint density at radius 2 is 1.74 bits per heavy atom. The first-order valence-corrected chi connectivity index (χ1v) is 12.5. The Labute approximate surface area is 193 Å². The van der Waals surface area contributed by atoms with Crippen LogP contribution in [0.1, 0.15) is 32.1 Å². The van der Waals surface area contributed by atoms with Crippen molar-refractivity contribution < 1.29 is 35.3 Å². The van der Waals surface area contributed by atoms with Gasteiger partial charge in [-0.3, -0.25) is 4.79 Å². The number of hydrogen-bond donors (Lipinski definition) is 1. The van der Waals surface area contributed by atoms with Gasteiger partial charge in [0.05, 0.1) is 4.90 Å². The molecule has 3 heterocycles. The fourth-order valence-corrected chi connectivity index (χ4v) is 4.81. The van der Waals surface area contributed by atoms with Gasteiger partial charge in [-0.2, -0.15) is 13.8 Å². The van der Waals surface area contributed by atoms with Gasteiger partial charge in [-0.1, -0.05) is 0 Å². The Morgan fingerprint density at radius 3 is 2.26 bits per heavy atom. The second-order valence-electron chi connectivity index (χ2n) is 8.56. The molecule has 0 bridgehead atoms. The molecule has 14 heteroatoms. The molecule has 1 N–H and O–H groups in total. The van der Waals surface area contributed by atoms with Gasteiger partial charge in [0.2, 0.25) is 5.91 Å². The van der Waals surface area contributed by atoms with Gasteiger partial charge < -0.3 is 19.6 Å². The number of likely N-dealkylation sites (tertiary alicyclic amines) is 1. The minimum atomic E-state index is -3.80. The first kappa shape index (κ1) is 24.2. The third kappa shape index (κ3) is 4.81. The second kappa shape index (κ2) is 8.71. The number of alkyl halides is 2. The summed E-state index contributed by atoms with van der Waals surface area (Å²) in [4.78, 5) is 19.5. The number of nitrogens with zero attached hydrogens (tertiary/aromatic N) is 4. The maximum absolute atomic E-state index is 14.4. The number of hydrogen-bond acceptors (Lipinski definition) is 8. The molecule has 0 radical (unpaired) electrons. The van der Waals surface area contributed by atoms with Crippen molar-refractivity contribution in [2.75, 3.05) is 36.1 Å². The number of sulfone groups is 1. The number of anilines is 2. The van der Waals surface area contributed by atoms with E-state index >= 15 is 0 Å². The normalized spacial score (nSPS) is 20.3. The van der Waals surface area contributed by atoms with E-state index in [0.717, 1.165) is 6.26 Å². The lowest BCUT2D eigenvalue weighted by Crippen LogP contribution is -2.47. The fraction of sp³-hybridized carbons (Fsp3) is 0.550. The summed E-state index contributed by atoms with van der Waals surface area (Å²) in [6, 6.07) is 0.422. The van der Waals surface area contributed by atoms with E-state index in [1.54, 1.807) is 9.80 Å². The van der Waals surface area contributed by atoms with Gasteiger partial charge >= 0.3 is 5.92 Å². The average molecular weight is 505 g/mol. The monoisotopic (exact) mass is 505 g/mol. The number of benzene rings is 1. The predicted octanol–water partition coefficient (Wildman–Crippen LogP) is 2.54. The summed E-state index contributed by atoms with van der Waals surface area (Å²) in [5.41, 5.74) is -0.553. The third-order valence-electron chi connectivity index (χ3n) is 5.98. The molecular weight excluding hydrogens is 482 g/mol. The number of halogens is 4. The van der Waals surface area contributed by atoms with Gasteiger partial charge in [0.15, 0.2) is 21.5 Å². The molecular formula is C20H23F4N5O4S. The van der Waals surface area contributed by atoms with E-state index in [-0.39, 0.29) is 17.9 Å². The van der Waals surface area contributed by atoms with Gasteiger partial charge in [-0.15, -0.1) is 0 Å². The molecule has 0 saturated carbocycles. The van der Waals surface area contributed by atoms with Gasteiger partial charge in [0.1, 0.15) is 11.7 Å². The van der Waals surface area contributed by atoms with Crippen molar-refractivity contribution in [2.45, 2.75) is 49.1 Å². The van der Waals surface area contributed by atoms with Gasteiger partial charge in [-0.25, -0.2) is 17.2 Å². The SMILES string of the molecule is CC(F)(F)c1nc(N2CCC(N3CC[C@H](Nc4c(F)cc(S(C)(=O)=O)cc4F)C3=O)CC2)no1. The average Bonchev–Trinajstić information content (AvgIpc) is 3.37. The lowest BCUT2D eigenvalue weighted by atomic mass is 10.0. The standard InChI is InChI=1S/C20H23F4N5O4S/c1-20(23,24)18-26-19(27-33-18)28-6-3-11(4-7-28)29-8-5-15(17(29)30)25-16-13(21)9-12(10-14(16)22)34(2,31)32/h9-11,15,25H,3-8H2,1-2H3/t15-/m0/s1. The van der Waals surface area contributed by atoms with Crippen LogP contribution in [0.5, 0.6) is 0 Å². The Kier molecular flexibility index (Phi) is 6.21. The molecule has 1 atom stereocenters. The van der Waals surface area contributed by atoms with E-state index in [9.17, 15) is 30.8 Å². The molecule has 2 aromatic rings. The summed E-state index contributed by atoms with van der Waals surface area (Å²) in [5, 5.41) is 6.18. The highest BCUT2D eigenvalue weighted by Gasteiger charge is 2.39. The summed E-state index contributed by atoms with van der Waals surface area (Å²) in [7, 11) is -3.80. The van der Waals surface area contributed by atoms with Gasteiger partial charge in [-0.05, 0) is 36.6 Å². The van der Waals surface area contributed by atoms with E-state index in [1.165, 1.54) is 0 Å². The molecule has 1 aromatic heterocycles. The van der Waals surface area contributed by atoms with Crippen molar-refractivity contribution in [1.82, 2.24) is 15.0 Å². The van der Waals surface area contributed by atoms with Crippen LogP contribution in [0.15, 0.2) is 21.6 Å². The number of nitrogens with one attached hydrogen (secondary N) is 1. The number of rotatable bonds is 6. The first-order valence-electron chi connectivity index (χ1n) is 10.6. The molecule has 9 nitrogen and oxygen atoms in total. The topological polar surface area (TPSA) is 109 Å². The van der Waals surface area contributed by atoms with Crippen LogP contribution in [0, 0.1) is 11.6 Å². The molecule has 34 heavy (non-hydrogen) atoms. The molecule has 2 aliphatic heterocycles. The molecule has 2 aliphatic rings. The number of piperidine rings is 1. The highest BCUT2D eigenvalue weighted by atomic mass is 32.2. The molecule has 4 rings (SSSR count). The summed E-state index contributed by atoms with van der Waals surface area (Å²) < 4.78 is 83.2. The zero-order valence-electron chi connectivity index (χ0n) is 18.4. The van der Waals surface area contributed by atoms with Crippen LogP contribution in [0.4, 0.5) is 29.2 Å². The zero-order chi connectivity index (χ0) is 24.8. The van der Waals surface area contributed by atoms with Gasteiger partial charge in [0.25, 0.3) is 11.8 Å². The van der Waals surface area contributed by atoms with Crippen LogP contribution in [0.3, 0.4) is 0 Å². The second-order valence-corrected chi connectivity index (χ2v) is 10.6. The summed E-state index contributed by atoms with van der Waals surface area (Å²) in [5.74, 6) is -6.47. The Hall–Kier alpha value is -2.90. The Bertz CT molecular complexity index is 1170. The van der Waals surface area contributed by atoms with Crippen LogP contribution in [0.25, 0.3) is 0 Å². The number of aromatic nitrogens is 2. The summed E-state index contributed by atoms with van der Waals surface area (Å²) in [6.45, 7) is 1.87. The number of carbonyl (C=O) groups is 1. The van der Waals surface area contributed by atoms with Crippen LogP contribution in [0.2, 0.25) is 0 Å². The molecule has 0 aliphatic carbocycles. The predicted molar refractivity (Wildman–Crippen MR) is 112 cm³/mol. The number of amides is 1. The smallest absolute Gasteiger partial charge is 0.322 e. The maximum Gasteiger partial charge on any atom is 0.322 e. The number of carbonyl (C=O) groups excluding carboxylic acids is 1. The van der Waals surface area contributed by atoms with Crippen molar-refractivity contribution in [3.8, 4) is 0 Å². The van der Waals surface area contributed by atoms with E-state index in [2.05, 4.69) is 20.0 Å². The van der Waals surface area contributed by atoms with E-state index in [0.29, 0.717) is 58.0 Å². The van der Waals surface area contributed by atoms with E-state index in [4.69, 9.17) is 0 Å². The van der Waals surface area contributed by atoms with Gasteiger partial charge in [0, 0.05) is 38.9 Å². The maximum atomic E-state index is 14.4. The molecule has 1 amide bonds. The summed E-state index contributed by atoms with van der Waals surface area (Å²) in [6.07, 6.45) is 2.20. The van der Waals surface area contributed by atoms with E-state index in [1.807, 2.05) is 0 Å². The van der Waals surface area contributed by atoms with Crippen molar-refractivity contribution in [3.05, 3.63) is 29.7 Å². The largest absolute Gasteiger partial charge is 0.369 e. The molecule has 2 fully saturated rings. The van der Waals surface area contributed by atoms with Crippen LogP contribution in [-0.2, 0) is 20.6 Å². The Balaban J connectivity index is 1.38. The molecule has 186 valence electrons. The van der Waals surface area contributed by atoms with Crippen LogP contribution in [-0.4, -0.2) is 67.3 Å². The highest BCUT2D eigenvalue weighted by Crippen LogP contribution is 2.30. The quantitative estimate of drug-likeness (QED) is 0.597. The molecule has 0 spiro atoms. The van der Waals surface area contributed by atoms with Crippen LogP contribution < -0.4 is 10.2 Å². The lowest BCUT2D eigenvalue weighted by Gasteiger charge is -2.36. The minimum absolute atomic E-state index is 0.0609. The van der Waals surface area contributed by atoms with Crippen molar-refractivity contribution in [3.63, 3.8) is 0 Å². The lowest BCUT2D eigenvalue weighted by molar-refractivity contribution is -0.130. The summed E-state index contributed by atoms with van der Waals surface area (Å²) >= 11 is 0. The molecule has 2 saturated heterocycles. The Morgan fingerprint density at radius 1 is 1.12 bits per heavy atom. The molecule has 1 aromatic carbocycles. The highest BCUT2D eigenvalue weighted by molar-refractivity contribution is 7.90. The van der Waals surface area contributed by atoms with E-state index < -0.39 is 49.9 Å². The van der Waals surface area contributed by atoms with Crippen molar-refractivity contribution in [2.24, 2.45) is 0 Å². The fourth-order valence-electron chi connectivity index (χ4n) is 4.17. The molecule has 0 unspecified atom stereocenters. The van der Waals surface area contributed by atoms with Crippen LogP contribution >= 0.6 is 0 Å². The first-order chi connectivity index (χ1) is 15.8. The zero-order valence-corrected chi connectivity index (χ0v) is 19.2. The van der Waals surface area contributed by atoms with Crippen molar-refractivity contribution in [1.29, 1.82) is 0 Å².